The summed E-state index contributed by atoms with van der Waals surface area (Å²) >= 11 is 0. The van der Waals surface area contributed by atoms with Gasteiger partial charge < -0.3 is 10.2 Å². The van der Waals surface area contributed by atoms with E-state index in [0.29, 0.717) is 0 Å². The molecule has 0 rings (SSSR count). The Bertz CT molecular complexity index is 164. The molecule has 2 atom stereocenters. The van der Waals surface area contributed by atoms with Crippen LogP contribution in [0.4, 0.5) is 0 Å². The fraction of sp³-hybridized carbons (Fsp3) is 0.714. The molecule has 0 unspecified atom stereocenters. The molecule has 0 bridgehead atoms. The van der Waals surface area contributed by atoms with Gasteiger partial charge in [0.15, 0.2) is 0 Å². The van der Waals surface area contributed by atoms with Gasteiger partial charge in [0.1, 0.15) is 0 Å². The molecule has 11 heavy (non-hydrogen) atoms. The van der Waals surface area contributed by atoms with Gasteiger partial charge in [0.2, 0.25) is 0 Å². The predicted molar refractivity (Wildman–Crippen MR) is 38.2 cm³/mol. The van der Waals surface area contributed by atoms with Crippen LogP contribution in [0.5, 0.6) is 0 Å². The second-order valence-corrected chi connectivity index (χ2v) is 2.70. The van der Waals surface area contributed by atoms with Gasteiger partial charge in [0.05, 0.1) is 5.92 Å². The van der Waals surface area contributed by atoms with Gasteiger partial charge in [-0.25, -0.2) is 0 Å². The van der Waals surface area contributed by atoms with E-state index in [0.717, 1.165) is 0 Å². The lowest BCUT2D eigenvalue weighted by Crippen LogP contribution is -2.20. The van der Waals surface area contributed by atoms with Gasteiger partial charge in [-0.05, 0) is 5.92 Å². The Labute approximate surface area is 64.8 Å². The van der Waals surface area contributed by atoms with Crippen molar-refractivity contribution in [2.45, 2.75) is 20.3 Å². The number of carboxylic acids is 2. The fourth-order valence-electron chi connectivity index (χ4n) is 0.696. The third-order valence-electron chi connectivity index (χ3n) is 1.74. The Hall–Kier alpha value is -1.06. The minimum Gasteiger partial charge on any atom is -0.481 e. The molecule has 0 aliphatic carbocycles. The van der Waals surface area contributed by atoms with E-state index in [4.69, 9.17) is 10.2 Å². The zero-order chi connectivity index (χ0) is 9.02. The van der Waals surface area contributed by atoms with Crippen LogP contribution in [0.15, 0.2) is 0 Å². The van der Waals surface area contributed by atoms with Crippen molar-refractivity contribution in [2.75, 3.05) is 0 Å². The highest BCUT2D eigenvalue weighted by atomic mass is 16.4. The average Bonchev–Trinajstić information content (AvgIpc) is 1.84. The molecule has 4 heteroatoms. The first-order chi connectivity index (χ1) is 4.95. The Balaban J connectivity index is 3.92. The summed E-state index contributed by atoms with van der Waals surface area (Å²) in [6.45, 7) is 3.13. The van der Waals surface area contributed by atoms with Crippen LogP contribution in [0.3, 0.4) is 0 Å². The highest BCUT2D eigenvalue weighted by Gasteiger charge is 2.21. The van der Waals surface area contributed by atoms with Crippen molar-refractivity contribution in [3.8, 4) is 0 Å². The molecule has 64 valence electrons. The first kappa shape index (κ1) is 9.94. The van der Waals surface area contributed by atoms with Gasteiger partial charge in [-0.3, -0.25) is 9.59 Å². The molecule has 0 aromatic carbocycles. The van der Waals surface area contributed by atoms with E-state index in [1.807, 2.05) is 0 Å². The molecule has 0 heterocycles. The molecule has 0 aromatic heterocycles. The summed E-state index contributed by atoms with van der Waals surface area (Å²) in [6, 6.07) is 0. The summed E-state index contributed by atoms with van der Waals surface area (Å²) in [7, 11) is 0. The van der Waals surface area contributed by atoms with E-state index in [-0.39, 0.29) is 12.3 Å². The second kappa shape index (κ2) is 3.95. The molecule has 2 N–H and O–H groups in total. The lowest BCUT2D eigenvalue weighted by Gasteiger charge is -2.12. The van der Waals surface area contributed by atoms with Crippen molar-refractivity contribution in [2.24, 2.45) is 11.8 Å². The highest BCUT2D eigenvalue weighted by molar-refractivity contribution is 5.72. The average molecular weight is 160 g/mol. The van der Waals surface area contributed by atoms with Gasteiger partial charge in [0, 0.05) is 6.42 Å². The number of aliphatic carboxylic acids is 2. The molecule has 0 saturated heterocycles. The molecular formula is C7H12O4. The van der Waals surface area contributed by atoms with Crippen LogP contribution in [0.2, 0.25) is 0 Å². The van der Waals surface area contributed by atoms with Crippen molar-refractivity contribution in [3.05, 3.63) is 0 Å². The van der Waals surface area contributed by atoms with E-state index in [1.165, 1.54) is 6.92 Å². The van der Waals surface area contributed by atoms with Crippen molar-refractivity contribution in [3.63, 3.8) is 0 Å². The molecule has 0 saturated carbocycles. The first-order valence-electron chi connectivity index (χ1n) is 3.39. The highest BCUT2D eigenvalue weighted by Crippen LogP contribution is 2.14. The van der Waals surface area contributed by atoms with E-state index >= 15 is 0 Å². The Kier molecular flexibility index (Phi) is 3.57. The minimum atomic E-state index is -0.953. The Morgan fingerprint density at radius 2 is 1.73 bits per heavy atom. The summed E-state index contributed by atoms with van der Waals surface area (Å²) in [6.07, 6.45) is -0.0898. The van der Waals surface area contributed by atoms with Gasteiger partial charge >= 0.3 is 11.9 Å². The summed E-state index contributed by atoms with van der Waals surface area (Å²) in [5, 5.41) is 16.8. The SMILES string of the molecule is C[C@H](CC(=O)O)[C@H](C)C(=O)O. The maximum Gasteiger partial charge on any atom is 0.306 e. The number of carbonyl (C=O) groups is 2. The smallest absolute Gasteiger partial charge is 0.306 e. The minimum absolute atomic E-state index is 0.0898. The molecular weight excluding hydrogens is 148 g/mol. The zero-order valence-electron chi connectivity index (χ0n) is 6.57. The second-order valence-electron chi connectivity index (χ2n) is 2.70. The molecule has 0 aromatic rings. The third kappa shape index (κ3) is 3.60. The maximum atomic E-state index is 10.3. The van der Waals surface area contributed by atoms with Crippen molar-refractivity contribution >= 4 is 11.9 Å². The molecule has 0 radical (unpaired) electrons. The Morgan fingerprint density at radius 3 is 2.00 bits per heavy atom. The predicted octanol–water partition coefficient (Wildman–Crippen LogP) is 0.818. The summed E-state index contributed by atoms with van der Waals surface area (Å²) < 4.78 is 0. The van der Waals surface area contributed by atoms with Crippen LogP contribution in [0.1, 0.15) is 20.3 Å². The largest absolute Gasteiger partial charge is 0.481 e. The van der Waals surface area contributed by atoms with E-state index < -0.39 is 17.9 Å². The lowest BCUT2D eigenvalue weighted by atomic mass is 9.93. The van der Waals surface area contributed by atoms with E-state index in [9.17, 15) is 9.59 Å². The molecule has 4 nitrogen and oxygen atoms in total. The normalized spacial score (nSPS) is 15.5. The molecule has 0 aliphatic heterocycles. The fourth-order valence-corrected chi connectivity index (χ4v) is 0.696. The molecule has 0 fully saturated rings. The number of hydrogen-bond donors (Lipinski definition) is 2. The van der Waals surface area contributed by atoms with Crippen LogP contribution in [0, 0.1) is 11.8 Å². The van der Waals surface area contributed by atoms with Crippen molar-refractivity contribution < 1.29 is 19.8 Å². The summed E-state index contributed by atoms with van der Waals surface area (Å²) in [4.78, 5) is 20.5. The monoisotopic (exact) mass is 160 g/mol. The number of rotatable bonds is 4. The van der Waals surface area contributed by atoms with Crippen LogP contribution in [-0.2, 0) is 9.59 Å². The van der Waals surface area contributed by atoms with E-state index in [1.54, 1.807) is 6.92 Å². The van der Waals surface area contributed by atoms with Crippen LogP contribution >= 0.6 is 0 Å². The van der Waals surface area contributed by atoms with Crippen LogP contribution in [-0.4, -0.2) is 22.2 Å². The molecule has 0 spiro atoms. The van der Waals surface area contributed by atoms with E-state index in [2.05, 4.69) is 0 Å². The topological polar surface area (TPSA) is 74.6 Å². The quantitative estimate of drug-likeness (QED) is 0.638. The number of hydrogen-bond acceptors (Lipinski definition) is 2. The first-order valence-corrected chi connectivity index (χ1v) is 3.39. The summed E-state index contributed by atoms with van der Waals surface area (Å²) in [5.41, 5.74) is 0. The zero-order valence-corrected chi connectivity index (χ0v) is 6.57. The maximum absolute atomic E-state index is 10.3. The van der Waals surface area contributed by atoms with Crippen LogP contribution < -0.4 is 0 Å². The van der Waals surface area contributed by atoms with Gasteiger partial charge in [-0.2, -0.15) is 0 Å². The number of carboxylic acid groups (broad SMARTS) is 2. The standard InChI is InChI=1S/C7H12O4/c1-4(3-6(8)9)5(2)7(10)11/h4-5H,3H2,1-2H3,(H,8,9)(H,10,11)/t4-,5+/m1/s1. The summed E-state index contributed by atoms with van der Waals surface area (Å²) in [5.74, 6) is -2.81. The molecule has 0 aliphatic rings. The third-order valence-corrected chi connectivity index (χ3v) is 1.74. The van der Waals surface area contributed by atoms with Crippen molar-refractivity contribution in [1.29, 1.82) is 0 Å². The van der Waals surface area contributed by atoms with Gasteiger partial charge in [-0.15, -0.1) is 0 Å². The lowest BCUT2D eigenvalue weighted by molar-refractivity contribution is -0.144. The van der Waals surface area contributed by atoms with Crippen molar-refractivity contribution in [1.82, 2.24) is 0 Å². The van der Waals surface area contributed by atoms with Gasteiger partial charge in [0.25, 0.3) is 0 Å². The van der Waals surface area contributed by atoms with Crippen LogP contribution in [0.25, 0.3) is 0 Å². The Morgan fingerprint density at radius 1 is 1.27 bits per heavy atom. The molecule has 0 amide bonds. The van der Waals surface area contributed by atoms with Gasteiger partial charge in [-0.1, -0.05) is 13.8 Å².